The Kier molecular flexibility index (Phi) is 5.11. The predicted molar refractivity (Wildman–Crippen MR) is 97.0 cm³/mol. The smallest absolute Gasteiger partial charge is 0.240 e. The van der Waals surface area contributed by atoms with Gasteiger partial charge in [0.15, 0.2) is 0 Å². The van der Waals surface area contributed by atoms with Crippen LogP contribution in [0.4, 0.5) is 0 Å². The molecule has 4 unspecified atom stereocenters. The summed E-state index contributed by atoms with van der Waals surface area (Å²) in [5.74, 6) is -0.538. The lowest BCUT2D eigenvalue weighted by Gasteiger charge is -2.20. The Bertz CT molecular complexity index is 579. The van der Waals surface area contributed by atoms with Gasteiger partial charge in [-0.05, 0) is 57.2 Å². The molecule has 142 valence electrons. The summed E-state index contributed by atoms with van der Waals surface area (Å²) in [5, 5.41) is 2.88. The van der Waals surface area contributed by atoms with Crippen molar-refractivity contribution >= 4 is 17.7 Å². The molecule has 3 amide bonds. The number of carbonyl (C=O) groups excluding carboxylic acids is 3. The SMILES string of the molecule is O=C(CN1C(=O)C2C3C=CC(C3)C2C1=O)NCCCN1CCCCCC1. The van der Waals surface area contributed by atoms with Crippen LogP contribution in [0.3, 0.4) is 0 Å². The lowest BCUT2D eigenvalue weighted by molar-refractivity contribution is -0.144. The molecule has 4 atom stereocenters. The van der Waals surface area contributed by atoms with Gasteiger partial charge in [-0.1, -0.05) is 25.0 Å². The molecular formula is C20H29N3O3. The maximum absolute atomic E-state index is 12.6. The number of amides is 3. The first-order chi connectivity index (χ1) is 12.6. The zero-order valence-electron chi connectivity index (χ0n) is 15.4. The summed E-state index contributed by atoms with van der Waals surface area (Å²) in [5.41, 5.74) is 0. The monoisotopic (exact) mass is 359 g/mol. The van der Waals surface area contributed by atoms with Gasteiger partial charge in [-0.3, -0.25) is 19.3 Å². The van der Waals surface area contributed by atoms with Gasteiger partial charge < -0.3 is 10.2 Å². The first-order valence-corrected chi connectivity index (χ1v) is 10.2. The molecule has 1 N–H and O–H groups in total. The van der Waals surface area contributed by atoms with E-state index in [1.807, 2.05) is 0 Å². The van der Waals surface area contributed by atoms with E-state index in [0.29, 0.717) is 6.54 Å². The van der Waals surface area contributed by atoms with Gasteiger partial charge in [0.05, 0.1) is 11.8 Å². The molecule has 0 aromatic heterocycles. The Labute approximate surface area is 155 Å². The molecule has 2 aliphatic heterocycles. The molecule has 1 saturated carbocycles. The Morgan fingerprint density at radius 3 is 2.23 bits per heavy atom. The third-order valence-electron chi connectivity index (χ3n) is 6.54. The Hall–Kier alpha value is -1.69. The van der Waals surface area contributed by atoms with Crippen molar-refractivity contribution in [2.75, 3.05) is 32.7 Å². The molecule has 2 aliphatic carbocycles. The molecule has 4 aliphatic rings. The van der Waals surface area contributed by atoms with Gasteiger partial charge in [0, 0.05) is 6.54 Å². The van der Waals surface area contributed by atoms with Crippen molar-refractivity contribution in [1.82, 2.24) is 15.1 Å². The molecule has 0 aromatic carbocycles. The third kappa shape index (κ3) is 3.31. The van der Waals surface area contributed by atoms with Crippen LogP contribution < -0.4 is 5.32 Å². The fourth-order valence-electron chi connectivity index (χ4n) is 5.21. The first-order valence-electron chi connectivity index (χ1n) is 10.2. The number of imide groups is 1. The highest BCUT2D eigenvalue weighted by Crippen LogP contribution is 2.52. The highest BCUT2D eigenvalue weighted by atomic mass is 16.2. The molecule has 2 bridgehead atoms. The molecule has 4 rings (SSSR count). The van der Waals surface area contributed by atoms with Crippen molar-refractivity contribution in [3.05, 3.63) is 12.2 Å². The molecule has 3 fully saturated rings. The Morgan fingerprint density at radius 2 is 1.62 bits per heavy atom. The molecule has 6 nitrogen and oxygen atoms in total. The number of nitrogens with one attached hydrogen (secondary N) is 1. The van der Waals surface area contributed by atoms with E-state index in [1.165, 1.54) is 30.6 Å². The van der Waals surface area contributed by atoms with Crippen LogP contribution in [0.5, 0.6) is 0 Å². The second-order valence-electron chi connectivity index (χ2n) is 8.22. The van der Waals surface area contributed by atoms with Crippen molar-refractivity contribution in [3.63, 3.8) is 0 Å². The van der Waals surface area contributed by atoms with Crippen LogP contribution in [0.25, 0.3) is 0 Å². The Balaban J connectivity index is 1.20. The summed E-state index contributed by atoms with van der Waals surface area (Å²) >= 11 is 0. The van der Waals surface area contributed by atoms with Crippen molar-refractivity contribution < 1.29 is 14.4 Å². The third-order valence-corrected chi connectivity index (χ3v) is 6.54. The maximum Gasteiger partial charge on any atom is 0.240 e. The number of carbonyl (C=O) groups is 3. The molecule has 0 radical (unpaired) electrons. The average molecular weight is 359 g/mol. The van der Waals surface area contributed by atoms with Crippen LogP contribution in [0, 0.1) is 23.7 Å². The number of allylic oxidation sites excluding steroid dienone is 2. The topological polar surface area (TPSA) is 69.7 Å². The van der Waals surface area contributed by atoms with Gasteiger partial charge in [-0.25, -0.2) is 0 Å². The highest BCUT2D eigenvalue weighted by molar-refractivity contribution is 6.08. The molecule has 2 saturated heterocycles. The zero-order chi connectivity index (χ0) is 18.1. The number of nitrogens with zero attached hydrogens (tertiary/aromatic N) is 2. The molecular weight excluding hydrogens is 330 g/mol. The summed E-state index contributed by atoms with van der Waals surface area (Å²) in [7, 11) is 0. The van der Waals surface area contributed by atoms with Gasteiger partial charge >= 0.3 is 0 Å². The van der Waals surface area contributed by atoms with E-state index in [-0.39, 0.29) is 47.9 Å². The average Bonchev–Trinajstić information content (AvgIpc) is 3.23. The van der Waals surface area contributed by atoms with Crippen LogP contribution in [0.1, 0.15) is 38.5 Å². The van der Waals surface area contributed by atoms with Crippen LogP contribution >= 0.6 is 0 Å². The summed E-state index contributed by atoms with van der Waals surface area (Å²) in [6.07, 6.45) is 11.2. The molecule has 6 heteroatoms. The van der Waals surface area contributed by atoms with E-state index in [1.54, 1.807) is 0 Å². The fraction of sp³-hybridized carbons (Fsp3) is 0.750. The van der Waals surface area contributed by atoms with Gasteiger partial charge in [-0.15, -0.1) is 0 Å². The second kappa shape index (κ2) is 7.51. The number of fused-ring (bicyclic) bond motifs is 5. The van der Waals surface area contributed by atoms with Crippen molar-refractivity contribution in [1.29, 1.82) is 0 Å². The van der Waals surface area contributed by atoms with Crippen LogP contribution in [0.2, 0.25) is 0 Å². The number of rotatable bonds is 6. The van der Waals surface area contributed by atoms with Gasteiger partial charge in [0.25, 0.3) is 0 Å². The van der Waals surface area contributed by atoms with Gasteiger partial charge in [0.2, 0.25) is 17.7 Å². The van der Waals surface area contributed by atoms with E-state index < -0.39 is 0 Å². The largest absolute Gasteiger partial charge is 0.354 e. The van der Waals surface area contributed by atoms with Crippen LogP contribution in [-0.2, 0) is 14.4 Å². The molecule has 0 spiro atoms. The van der Waals surface area contributed by atoms with Crippen LogP contribution in [0.15, 0.2) is 12.2 Å². The van der Waals surface area contributed by atoms with E-state index in [2.05, 4.69) is 22.4 Å². The molecule has 2 heterocycles. The van der Waals surface area contributed by atoms with Gasteiger partial charge in [-0.2, -0.15) is 0 Å². The summed E-state index contributed by atoms with van der Waals surface area (Å²) in [6, 6.07) is 0. The van der Waals surface area contributed by atoms with E-state index >= 15 is 0 Å². The summed E-state index contributed by atoms with van der Waals surface area (Å²) in [6.45, 7) is 3.80. The molecule has 0 aromatic rings. The minimum atomic E-state index is -0.220. The maximum atomic E-state index is 12.6. The minimum absolute atomic E-state index is 0.117. The predicted octanol–water partition coefficient (Wildman–Crippen LogP) is 1.18. The number of hydrogen-bond donors (Lipinski definition) is 1. The normalized spacial score (nSPS) is 33.6. The van der Waals surface area contributed by atoms with Gasteiger partial charge in [0.1, 0.15) is 6.54 Å². The number of hydrogen-bond acceptors (Lipinski definition) is 4. The van der Waals surface area contributed by atoms with Crippen molar-refractivity contribution in [2.45, 2.75) is 38.5 Å². The standard InChI is InChI=1S/C20H29N3O3/c24-16(21-8-5-11-22-9-3-1-2-4-10-22)13-23-19(25)17-14-6-7-15(12-14)18(17)20(23)26/h6-7,14-15,17-18H,1-5,8-13H2,(H,21,24). The van der Waals surface area contributed by atoms with E-state index in [0.717, 1.165) is 32.5 Å². The summed E-state index contributed by atoms with van der Waals surface area (Å²) < 4.78 is 0. The second-order valence-corrected chi connectivity index (χ2v) is 8.22. The van der Waals surface area contributed by atoms with E-state index in [9.17, 15) is 14.4 Å². The summed E-state index contributed by atoms with van der Waals surface area (Å²) in [4.78, 5) is 41.0. The first kappa shape index (κ1) is 17.7. The zero-order valence-corrected chi connectivity index (χ0v) is 15.4. The minimum Gasteiger partial charge on any atom is -0.354 e. The Morgan fingerprint density at radius 1 is 1.00 bits per heavy atom. The number of likely N-dealkylation sites (tertiary alicyclic amines) is 2. The van der Waals surface area contributed by atoms with E-state index in [4.69, 9.17) is 0 Å². The highest BCUT2D eigenvalue weighted by Gasteiger charge is 2.59. The van der Waals surface area contributed by atoms with Crippen LogP contribution in [-0.4, -0.2) is 60.2 Å². The lowest BCUT2D eigenvalue weighted by atomic mass is 9.85. The van der Waals surface area contributed by atoms with Crippen molar-refractivity contribution in [2.24, 2.45) is 23.7 Å². The fourth-order valence-corrected chi connectivity index (χ4v) is 5.21. The van der Waals surface area contributed by atoms with Crippen molar-refractivity contribution in [3.8, 4) is 0 Å². The quantitative estimate of drug-likeness (QED) is 0.439. The molecule has 26 heavy (non-hydrogen) atoms. The lowest BCUT2D eigenvalue weighted by Crippen LogP contribution is -2.42.